The summed E-state index contributed by atoms with van der Waals surface area (Å²) in [6, 6.07) is 6.38. The SMILES string of the molecule is CSc1[s+]sc2c1-c1cc(C)ccc1N(C(C)=O)C2(C)C. The number of carbonyl (C=O) groups is 1. The van der Waals surface area contributed by atoms with Crippen molar-refractivity contribution in [3.8, 4) is 11.1 Å². The molecule has 0 bridgehead atoms. The molecule has 1 aromatic carbocycles. The third-order valence-corrected chi connectivity index (χ3v) is 8.11. The van der Waals surface area contributed by atoms with Crippen LogP contribution in [0.15, 0.2) is 22.4 Å². The van der Waals surface area contributed by atoms with Crippen molar-refractivity contribution in [2.75, 3.05) is 11.2 Å². The highest BCUT2D eigenvalue weighted by Gasteiger charge is 2.45. The van der Waals surface area contributed by atoms with E-state index in [0.29, 0.717) is 0 Å². The Bertz CT molecular complexity index is 733. The molecule has 0 radical (unpaired) electrons. The molecule has 0 saturated heterocycles. The Labute approximate surface area is 137 Å². The molecule has 1 aliphatic rings. The maximum atomic E-state index is 12.3. The Morgan fingerprint density at radius 2 is 2.10 bits per heavy atom. The largest absolute Gasteiger partial charge is 0.308 e. The van der Waals surface area contributed by atoms with Gasteiger partial charge >= 0.3 is 10.3 Å². The summed E-state index contributed by atoms with van der Waals surface area (Å²) in [5, 5.41) is 0. The van der Waals surface area contributed by atoms with Gasteiger partial charge in [0.05, 0.1) is 16.8 Å². The van der Waals surface area contributed by atoms with Gasteiger partial charge in [-0.15, -0.1) is 0 Å². The van der Waals surface area contributed by atoms with Crippen molar-refractivity contribution in [1.29, 1.82) is 0 Å². The van der Waals surface area contributed by atoms with Gasteiger partial charge in [-0.05, 0) is 39.2 Å². The van der Waals surface area contributed by atoms with Crippen molar-refractivity contribution in [2.45, 2.75) is 37.4 Å². The normalized spacial score (nSPS) is 15.6. The second-order valence-electron chi connectivity index (χ2n) is 5.80. The molecule has 110 valence electrons. The third kappa shape index (κ3) is 2.14. The second kappa shape index (κ2) is 5.07. The van der Waals surface area contributed by atoms with E-state index in [0.717, 1.165) is 5.69 Å². The Hall–Kier alpha value is -0.910. The first-order valence-electron chi connectivity index (χ1n) is 6.80. The van der Waals surface area contributed by atoms with Crippen LogP contribution >= 0.6 is 32.4 Å². The molecule has 21 heavy (non-hydrogen) atoms. The number of anilines is 1. The molecule has 2 nitrogen and oxygen atoms in total. The number of hydrogen-bond donors (Lipinski definition) is 0. The van der Waals surface area contributed by atoms with Gasteiger partial charge in [0.25, 0.3) is 4.21 Å². The van der Waals surface area contributed by atoms with Gasteiger partial charge in [-0.25, -0.2) is 0 Å². The Morgan fingerprint density at radius 1 is 1.38 bits per heavy atom. The zero-order valence-corrected chi connectivity index (χ0v) is 15.3. The Morgan fingerprint density at radius 3 is 2.71 bits per heavy atom. The number of thioether (sulfide) groups is 1. The van der Waals surface area contributed by atoms with E-state index < -0.39 is 0 Å². The van der Waals surface area contributed by atoms with Crippen LogP contribution in [0.25, 0.3) is 11.1 Å². The first kappa shape index (κ1) is 15.0. The minimum absolute atomic E-state index is 0.0971. The molecule has 3 rings (SSSR count). The van der Waals surface area contributed by atoms with Crippen molar-refractivity contribution in [1.82, 2.24) is 0 Å². The highest BCUT2D eigenvalue weighted by molar-refractivity contribution is 8.02. The molecule has 0 N–H and O–H groups in total. The summed E-state index contributed by atoms with van der Waals surface area (Å²) in [6.07, 6.45) is 2.12. The standard InChI is InChI=1S/C16H18NOS3/c1-9-6-7-12-11(8-9)13-14(20-21-15(13)19-5)16(3,4)17(12)10(2)18/h6-8H,1-5H3/q+1. The molecule has 2 heterocycles. The lowest BCUT2D eigenvalue weighted by molar-refractivity contribution is -0.117. The van der Waals surface area contributed by atoms with E-state index in [1.54, 1.807) is 29.0 Å². The van der Waals surface area contributed by atoms with E-state index >= 15 is 0 Å². The zero-order chi connectivity index (χ0) is 15.4. The molecule has 0 spiro atoms. The van der Waals surface area contributed by atoms with Crippen LogP contribution in [0.4, 0.5) is 5.69 Å². The van der Waals surface area contributed by atoms with Crippen molar-refractivity contribution in [3.63, 3.8) is 0 Å². The Kier molecular flexibility index (Phi) is 3.62. The van der Waals surface area contributed by atoms with Crippen LogP contribution < -0.4 is 4.90 Å². The van der Waals surface area contributed by atoms with E-state index in [1.165, 1.54) is 25.8 Å². The van der Waals surface area contributed by atoms with Crippen LogP contribution in [0.5, 0.6) is 0 Å². The van der Waals surface area contributed by atoms with Crippen molar-refractivity contribution in [2.24, 2.45) is 0 Å². The van der Waals surface area contributed by atoms with Crippen molar-refractivity contribution < 1.29 is 4.79 Å². The summed E-state index contributed by atoms with van der Waals surface area (Å²) in [6.45, 7) is 8.04. The third-order valence-electron chi connectivity index (χ3n) is 3.91. The van der Waals surface area contributed by atoms with Crippen LogP contribution in [0.1, 0.15) is 31.2 Å². The van der Waals surface area contributed by atoms with E-state index in [4.69, 9.17) is 0 Å². The fraction of sp³-hybridized carbons (Fsp3) is 0.375. The van der Waals surface area contributed by atoms with Crippen LogP contribution in [-0.2, 0) is 10.3 Å². The quantitative estimate of drug-likeness (QED) is 0.395. The molecule has 0 fully saturated rings. The van der Waals surface area contributed by atoms with E-state index in [2.05, 4.69) is 45.2 Å². The molecule has 0 saturated carbocycles. The van der Waals surface area contributed by atoms with Gasteiger partial charge in [0.15, 0.2) is 10.3 Å². The predicted octanol–water partition coefficient (Wildman–Crippen LogP) is 5.39. The van der Waals surface area contributed by atoms with Crippen LogP contribution in [-0.4, -0.2) is 12.2 Å². The van der Waals surface area contributed by atoms with Gasteiger partial charge in [-0.3, -0.25) is 4.79 Å². The van der Waals surface area contributed by atoms with Gasteiger partial charge in [0, 0.05) is 12.5 Å². The van der Waals surface area contributed by atoms with Crippen molar-refractivity contribution in [3.05, 3.63) is 28.6 Å². The van der Waals surface area contributed by atoms with Crippen LogP contribution in [0.3, 0.4) is 0 Å². The lowest BCUT2D eigenvalue weighted by atomic mass is 9.87. The van der Waals surface area contributed by atoms with Gasteiger partial charge in [0.2, 0.25) is 5.91 Å². The molecule has 1 amide bonds. The number of benzene rings is 1. The number of carbonyl (C=O) groups excluding carboxylic acids is 1. The molecular weight excluding hydrogens is 318 g/mol. The lowest BCUT2D eigenvalue weighted by Crippen LogP contribution is -2.46. The summed E-state index contributed by atoms with van der Waals surface area (Å²) >= 11 is 1.80. The average molecular weight is 337 g/mol. The van der Waals surface area contributed by atoms with E-state index in [-0.39, 0.29) is 11.4 Å². The number of aryl methyl sites for hydroxylation is 1. The first-order valence-corrected chi connectivity index (χ1v) is 10.2. The molecule has 0 atom stereocenters. The zero-order valence-electron chi connectivity index (χ0n) is 12.8. The maximum Gasteiger partial charge on any atom is 0.308 e. The first-order chi connectivity index (χ1) is 9.87. The molecular formula is C16H18NOS3+. The van der Waals surface area contributed by atoms with E-state index in [1.807, 2.05) is 15.2 Å². The number of fused-ring (bicyclic) bond motifs is 3. The molecule has 1 aromatic heterocycles. The van der Waals surface area contributed by atoms with Gasteiger partial charge in [0.1, 0.15) is 4.88 Å². The molecule has 1 aliphatic heterocycles. The minimum Gasteiger partial charge on any atom is -0.301 e. The Balaban J connectivity index is 2.39. The minimum atomic E-state index is -0.293. The molecule has 2 aromatic rings. The number of amides is 1. The highest BCUT2D eigenvalue weighted by atomic mass is 32.9. The molecule has 0 aliphatic carbocycles. The second-order valence-corrected chi connectivity index (χ2v) is 9.02. The summed E-state index contributed by atoms with van der Waals surface area (Å²) in [7, 11) is 3.62. The van der Waals surface area contributed by atoms with Gasteiger partial charge in [-0.1, -0.05) is 23.4 Å². The number of hydrogen-bond acceptors (Lipinski definition) is 3. The summed E-state index contributed by atoms with van der Waals surface area (Å²) in [5.41, 5.74) is 4.50. The number of nitrogens with zero attached hydrogens (tertiary/aromatic N) is 1. The van der Waals surface area contributed by atoms with E-state index in [9.17, 15) is 4.79 Å². The highest BCUT2D eigenvalue weighted by Crippen LogP contribution is 2.55. The lowest BCUT2D eigenvalue weighted by Gasteiger charge is -2.41. The summed E-state index contributed by atoms with van der Waals surface area (Å²) in [5.74, 6) is 0.0971. The summed E-state index contributed by atoms with van der Waals surface area (Å²) in [4.78, 5) is 15.5. The monoisotopic (exact) mass is 336 g/mol. The van der Waals surface area contributed by atoms with Gasteiger partial charge in [-0.2, -0.15) is 0 Å². The average Bonchev–Trinajstić information content (AvgIpc) is 2.84. The fourth-order valence-electron chi connectivity index (χ4n) is 3.04. The van der Waals surface area contributed by atoms with Crippen LogP contribution in [0.2, 0.25) is 0 Å². The molecule has 5 heteroatoms. The smallest absolute Gasteiger partial charge is 0.301 e. The fourth-order valence-corrected chi connectivity index (χ4v) is 7.41. The topological polar surface area (TPSA) is 20.3 Å². The number of rotatable bonds is 1. The maximum absolute atomic E-state index is 12.3. The van der Waals surface area contributed by atoms with Gasteiger partial charge < -0.3 is 4.90 Å². The van der Waals surface area contributed by atoms with Crippen LogP contribution in [0, 0.1) is 6.92 Å². The summed E-state index contributed by atoms with van der Waals surface area (Å²) < 4.78 is 1.35. The molecule has 0 unspecified atom stereocenters. The predicted molar refractivity (Wildman–Crippen MR) is 94.7 cm³/mol. The van der Waals surface area contributed by atoms with Crippen molar-refractivity contribution >= 4 is 44.0 Å².